The lowest BCUT2D eigenvalue weighted by molar-refractivity contribution is -0.140. The maximum Gasteiger partial charge on any atom is 0.416 e. The zero-order valence-electron chi connectivity index (χ0n) is 14.8. The van der Waals surface area contributed by atoms with Crippen molar-refractivity contribution in [3.63, 3.8) is 0 Å². The number of hydrogen-bond acceptors (Lipinski definition) is 3. The largest absolute Gasteiger partial charge is 0.416 e. The van der Waals surface area contributed by atoms with Gasteiger partial charge in [0, 0.05) is 26.1 Å². The van der Waals surface area contributed by atoms with Gasteiger partial charge in [0.05, 0.1) is 12.2 Å². The summed E-state index contributed by atoms with van der Waals surface area (Å²) >= 11 is 0. The number of amides is 1. The molecule has 2 aliphatic rings. The van der Waals surface area contributed by atoms with Crippen molar-refractivity contribution in [2.75, 3.05) is 32.8 Å². The highest BCUT2D eigenvalue weighted by molar-refractivity contribution is 5.77. The van der Waals surface area contributed by atoms with Gasteiger partial charge in [-0.2, -0.15) is 13.2 Å². The fraction of sp³-hybridized carbons (Fsp3) is 0.632. The number of benzene rings is 1. The van der Waals surface area contributed by atoms with E-state index in [2.05, 4.69) is 4.90 Å². The lowest BCUT2D eigenvalue weighted by Crippen LogP contribution is -2.51. The summed E-state index contributed by atoms with van der Waals surface area (Å²) in [6.07, 6.45) is -1.06. The zero-order chi connectivity index (χ0) is 18.8. The second-order valence-electron chi connectivity index (χ2n) is 7.51. The van der Waals surface area contributed by atoms with Crippen LogP contribution in [0.1, 0.15) is 36.8 Å². The van der Waals surface area contributed by atoms with Gasteiger partial charge in [-0.25, -0.2) is 0 Å². The number of likely N-dealkylation sites (tertiary alicyclic amines) is 2. The molecule has 0 bridgehead atoms. The number of β-amino-alcohol motifs (C(OH)–C–C–N with tert-alkyl or cyclic N) is 1. The minimum atomic E-state index is -4.31. The summed E-state index contributed by atoms with van der Waals surface area (Å²) in [7, 11) is 0. The van der Waals surface area contributed by atoms with E-state index in [0.717, 1.165) is 38.4 Å². The van der Waals surface area contributed by atoms with Crippen molar-refractivity contribution >= 4 is 5.91 Å². The monoisotopic (exact) mass is 370 g/mol. The molecule has 0 unspecified atom stereocenters. The summed E-state index contributed by atoms with van der Waals surface area (Å²) in [5.41, 5.74) is 0.165. The molecular weight excluding hydrogens is 345 g/mol. The number of rotatable bonds is 4. The smallest absolute Gasteiger partial charge is 0.395 e. The Morgan fingerprint density at radius 1 is 1.15 bits per heavy atom. The second kappa shape index (κ2) is 7.56. The topological polar surface area (TPSA) is 43.8 Å². The van der Waals surface area contributed by atoms with Crippen molar-refractivity contribution in [3.8, 4) is 0 Å². The van der Waals surface area contributed by atoms with E-state index in [9.17, 15) is 18.0 Å². The van der Waals surface area contributed by atoms with Crippen molar-refractivity contribution in [1.29, 1.82) is 0 Å². The van der Waals surface area contributed by atoms with Gasteiger partial charge in [-0.1, -0.05) is 18.2 Å². The fourth-order valence-electron chi connectivity index (χ4n) is 4.12. The molecule has 0 radical (unpaired) electrons. The van der Waals surface area contributed by atoms with Crippen LogP contribution in [0.5, 0.6) is 0 Å². The summed E-state index contributed by atoms with van der Waals surface area (Å²) < 4.78 is 38.6. The van der Waals surface area contributed by atoms with Crippen LogP contribution in [0.2, 0.25) is 0 Å². The molecule has 3 rings (SSSR count). The summed E-state index contributed by atoms with van der Waals surface area (Å²) in [5.74, 6) is 0.107. The average Bonchev–Trinajstić information content (AvgIpc) is 2.60. The minimum absolute atomic E-state index is 0.0243. The predicted octanol–water partition coefficient (Wildman–Crippen LogP) is 2.90. The van der Waals surface area contributed by atoms with Gasteiger partial charge in [-0.05, 0) is 49.4 Å². The number of aliphatic hydroxyl groups excluding tert-OH is 1. The highest BCUT2D eigenvalue weighted by Gasteiger charge is 2.40. The highest BCUT2D eigenvalue weighted by Crippen LogP contribution is 2.40. The van der Waals surface area contributed by atoms with Crippen LogP contribution in [-0.4, -0.2) is 53.6 Å². The van der Waals surface area contributed by atoms with Gasteiger partial charge in [0.1, 0.15) is 0 Å². The lowest BCUT2D eigenvalue weighted by Gasteiger charge is -2.47. The number of aliphatic hydroxyl groups is 1. The Balaban J connectivity index is 1.58. The van der Waals surface area contributed by atoms with Gasteiger partial charge < -0.3 is 10.0 Å². The van der Waals surface area contributed by atoms with Crippen LogP contribution in [0.15, 0.2) is 24.3 Å². The van der Waals surface area contributed by atoms with Crippen LogP contribution >= 0.6 is 0 Å². The van der Waals surface area contributed by atoms with Crippen LogP contribution < -0.4 is 0 Å². The SMILES string of the molecule is O=C1CCC2(CCN(Cc3cccc(C(F)(F)F)c3)CC2)CN1CCO. The first kappa shape index (κ1) is 19.2. The number of piperidine rings is 2. The Bertz CT molecular complexity index is 640. The Morgan fingerprint density at radius 3 is 2.54 bits per heavy atom. The number of halogens is 3. The molecule has 2 heterocycles. The molecule has 1 N–H and O–H groups in total. The quantitative estimate of drug-likeness (QED) is 0.886. The molecule has 0 atom stereocenters. The van der Waals surface area contributed by atoms with E-state index >= 15 is 0 Å². The van der Waals surface area contributed by atoms with Crippen molar-refractivity contribution in [1.82, 2.24) is 9.80 Å². The minimum Gasteiger partial charge on any atom is -0.395 e. The summed E-state index contributed by atoms with van der Waals surface area (Å²) in [6, 6.07) is 5.53. The van der Waals surface area contributed by atoms with Crippen molar-refractivity contribution < 1.29 is 23.1 Å². The molecule has 2 aliphatic heterocycles. The zero-order valence-corrected chi connectivity index (χ0v) is 14.8. The van der Waals surface area contributed by atoms with Gasteiger partial charge in [-0.3, -0.25) is 9.69 Å². The number of carbonyl (C=O) groups is 1. The van der Waals surface area contributed by atoms with Gasteiger partial charge >= 0.3 is 6.18 Å². The standard InChI is InChI=1S/C19H25F3N2O2/c20-19(21,22)16-3-1-2-15(12-16)13-23-8-6-18(7-9-23)5-4-17(26)24(14-18)10-11-25/h1-3,12,25H,4-11,13-14H2. The number of nitrogens with zero attached hydrogens (tertiary/aromatic N) is 2. The molecule has 1 amide bonds. The van der Waals surface area contributed by atoms with Crippen molar-refractivity contribution in [2.45, 2.75) is 38.4 Å². The van der Waals surface area contributed by atoms with E-state index in [1.807, 2.05) is 0 Å². The second-order valence-corrected chi connectivity index (χ2v) is 7.51. The molecule has 2 fully saturated rings. The van der Waals surface area contributed by atoms with Crippen molar-refractivity contribution in [3.05, 3.63) is 35.4 Å². The van der Waals surface area contributed by atoms with E-state index < -0.39 is 11.7 Å². The van der Waals surface area contributed by atoms with E-state index in [4.69, 9.17) is 5.11 Å². The number of carbonyl (C=O) groups excluding carboxylic acids is 1. The number of hydrogen-bond donors (Lipinski definition) is 1. The molecule has 1 spiro atoms. The normalized spacial score (nSPS) is 21.4. The molecule has 0 aromatic heterocycles. The Hall–Kier alpha value is -1.60. The van der Waals surface area contributed by atoms with Crippen LogP contribution in [0, 0.1) is 5.41 Å². The van der Waals surface area contributed by atoms with E-state index in [1.54, 1.807) is 11.0 Å². The van der Waals surface area contributed by atoms with Crippen LogP contribution in [0.25, 0.3) is 0 Å². The third kappa shape index (κ3) is 4.38. The third-order valence-corrected chi connectivity index (χ3v) is 5.70. The molecule has 1 aromatic carbocycles. The van der Waals surface area contributed by atoms with Gasteiger partial charge in [0.15, 0.2) is 0 Å². The first-order valence-electron chi connectivity index (χ1n) is 9.08. The molecule has 144 valence electrons. The summed E-state index contributed by atoms with van der Waals surface area (Å²) in [5, 5.41) is 9.13. The first-order valence-corrected chi connectivity index (χ1v) is 9.08. The molecule has 4 nitrogen and oxygen atoms in total. The predicted molar refractivity (Wildman–Crippen MR) is 91.3 cm³/mol. The average molecular weight is 370 g/mol. The molecular formula is C19H25F3N2O2. The molecule has 1 aromatic rings. The summed E-state index contributed by atoms with van der Waals surface area (Å²) in [4.78, 5) is 15.9. The molecule has 2 saturated heterocycles. The lowest BCUT2D eigenvalue weighted by atomic mass is 9.72. The number of alkyl halides is 3. The van der Waals surface area contributed by atoms with Crippen LogP contribution in [-0.2, 0) is 17.5 Å². The van der Waals surface area contributed by atoms with Crippen molar-refractivity contribution in [2.24, 2.45) is 5.41 Å². The van der Waals surface area contributed by atoms with Gasteiger partial charge in [-0.15, -0.1) is 0 Å². The Kier molecular flexibility index (Phi) is 5.58. The first-order chi connectivity index (χ1) is 12.3. The van der Waals surface area contributed by atoms with E-state index in [-0.39, 0.29) is 17.9 Å². The molecule has 0 saturated carbocycles. The fourth-order valence-corrected chi connectivity index (χ4v) is 4.12. The summed E-state index contributed by atoms with van der Waals surface area (Å²) in [6.45, 7) is 3.19. The maximum atomic E-state index is 12.9. The van der Waals surface area contributed by atoms with Crippen LogP contribution in [0.4, 0.5) is 13.2 Å². The maximum absolute atomic E-state index is 12.9. The molecule has 26 heavy (non-hydrogen) atoms. The van der Waals surface area contributed by atoms with Crippen LogP contribution in [0.3, 0.4) is 0 Å². The molecule has 0 aliphatic carbocycles. The van der Waals surface area contributed by atoms with E-state index in [1.165, 1.54) is 12.1 Å². The Labute approximate surface area is 151 Å². The Morgan fingerprint density at radius 2 is 1.88 bits per heavy atom. The van der Waals surface area contributed by atoms with Gasteiger partial charge in [0.25, 0.3) is 0 Å². The van der Waals surface area contributed by atoms with E-state index in [0.29, 0.717) is 31.6 Å². The third-order valence-electron chi connectivity index (χ3n) is 5.70. The molecule has 7 heteroatoms. The van der Waals surface area contributed by atoms with Gasteiger partial charge in [0.2, 0.25) is 5.91 Å². The highest BCUT2D eigenvalue weighted by atomic mass is 19.4.